The van der Waals surface area contributed by atoms with Gasteiger partial charge in [-0.05, 0) is 37.3 Å². The number of ether oxygens (including phenoxy) is 2. The molecule has 2 aromatic carbocycles. The van der Waals surface area contributed by atoms with E-state index in [0.717, 1.165) is 24.3 Å². The van der Waals surface area contributed by atoms with Gasteiger partial charge >= 0.3 is 12.1 Å². The number of amides is 1. The number of carbonyl (C=O) groups excluding carboxylic acids is 2. The van der Waals surface area contributed by atoms with Gasteiger partial charge in [0, 0.05) is 30.1 Å². The first-order chi connectivity index (χ1) is 16.4. The number of nitrogens with one attached hydrogen (secondary N) is 2. The number of rotatable bonds is 5. The number of fused-ring (bicyclic) bond motifs is 1. The number of esters is 1. The van der Waals surface area contributed by atoms with Gasteiger partial charge in [0.2, 0.25) is 0 Å². The standard InChI is InChI=1S/C24H17F2N3O5/c1-2-33-24(32)29-19-11-21(34-23(31)13-5-4-8-27-12-13)16(26)9-14(19)18-10-20(30)22-15(25)6-3-7-17(22)28-18/h3-12H,2H2,1H3,(H,28,30)(H,29,32). The van der Waals surface area contributed by atoms with E-state index in [1.807, 2.05) is 0 Å². The van der Waals surface area contributed by atoms with Crippen LogP contribution in [0, 0.1) is 11.6 Å². The highest BCUT2D eigenvalue weighted by Crippen LogP contribution is 2.34. The fourth-order valence-electron chi connectivity index (χ4n) is 3.29. The van der Waals surface area contributed by atoms with Gasteiger partial charge in [0.1, 0.15) is 5.82 Å². The van der Waals surface area contributed by atoms with E-state index < -0.39 is 34.9 Å². The maximum Gasteiger partial charge on any atom is 0.411 e. The molecule has 0 aliphatic rings. The molecule has 0 unspecified atom stereocenters. The van der Waals surface area contributed by atoms with Crippen LogP contribution in [-0.2, 0) is 4.74 Å². The Hall–Kier alpha value is -4.60. The van der Waals surface area contributed by atoms with E-state index >= 15 is 0 Å². The number of aromatic amines is 1. The van der Waals surface area contributed by atoms with E-state index in [1.165, 1.54) is 36.7 Å². The highest BCUT2D eigenvalue weighted by Gasteiger charge is 2.20. The molecule has 2 heterocycles. The van der Waals surface area contributed by atoms with Crippen molar-refractivity contribution in [1.29, 1.82) is 0 Å². The number of aromatic nitrogens is 2. The SMILES string of the molecule is CCOC(=O)Nc1cc(OC(=O)c2cccnc2)c(F)cc1-c1cc(=O)c2c(F)cccc2[nH]1. The van der Waals surface area contributed by atoms with Crippen molar-refractivity contribution in [3.63, 3.8) is 0 Å². The van der Waals surface area contributed by atoms with E-state index in [9.17, 15) is 23.2 Å². The summed E-state index contributed by atoms with van der Waals surface area (Å²) >= 11 is 0. The molecule has 10 heteroatoms. The Morgan fingerprint density at radius 2 is 1.91 bits per heavy atom. The van der Waals surface area contributed by atoms with Crippen LogP contribution in [0.25, 0.3) is 22.2 Å². The molecule has 172 valence electrons. The van der Waals surface area contributed by atoms with E-state index in [2.05, 4.69) is 15.3 Å². The van der Waals surface area contributed by atoms with Crippen molar-refractivity contribution in [3.8, 4) is 17.0 Å². The van der Waals surface area contributed by atoms with Crippen LogP contribution < -0.4 is 15.5 Å². The zero-order valence-electron chi connectivity index (χ0n) is 17.7. The van der Waals surface area contributed by atoms with E-state index in [-0.39, 0.29) is 40.0 Å². The molecule has 0 spiro atoms. The van der Waals surface area contributed by atoms with Crippen LogP contribution in [0.2, 0.25) is 0 Å². The molecule has 0 aliphatic carbocycles. The van der Waals surface area contributed by atoms with Crippen LogP contribution in [-0.4, -0.2) is 28.6 Å². The van der Waals surface area contributed by atoms with Crippen molar-refractivity contribution in [2.24, 2.45) is 0 Å². The topological polar surface area (TPSA) is 110 Å². The fourth-order valence-corrected chi connectivity index (χ4v) is 3.29. The lowest BCUT2D eigenvalue weighted by molar-refractivity contribution is 0.0727. The van der Waals surface area contributed by atoms with Crippen LogP contribution in [0.3, 0.4) is 0 Å². The lowest BCUT2D eigenvalue weighted by atomic mass is 10.1. The Morgan fingerprint density at radius 1 is 1.09 bits per heavy atom. The predicted molar refractivity (Wildman–Crippen MR) is 120 cm³/mol. The third-order valence-electron chi connectivity index (χ3n) is 4.78. The third kappa shape index (κ3) is 4.60. The first-order valence-electron chi connectivity index (χ1n) is 10.1. The molecule has 2 N–H and O–H groups in total. The molecule has 0 saturated carbocycles. The molecule has 34 heavy (non-hydrogen) atoms. The Morgan fingerprint density at radius 3 is 2.65 bits per heavy atom. The molecule has 0 aliphatic heterocycles. The molecular weight excluding hydrogens is 448 g/mol. The van der Waals surface area contributed by atoms with Crippen LogP contribution in [0.1, 0.15) is 17.3 Å². The van der Waals surface area contributed by atoms with E-state index in [1.54, 1.807) is 6.92 Å². The van der Waals surface area contributed by atoms with Gasteiger partial charge in [-0.2, -0.15) is 0 Å². The maximum absolute atomic E-state index is 15.0. The average Bonchev–Trinajstić information content (AvgIpc) is 2.81. The summed E-state index contributed by atoms with van der Waals surface area (Å²) in [6.07, 6.45) is 1.86. The third-order valence-corrected chi connectivity index (χ3v) is 4.78. The summed E-state index contributed by atoms with van der Waals surface area (Å²) in [5.74, 6) is -2.99. The Labute approximate surface area is 191 Å². The molecule has 0 fully saturated rings. The second kappa shape index (κ2) is 9.49. The van der Waals surface area contributed by atoms with Gasteiger partial charge in [-0.25, -0.2) is 18.4 Å². The van der Waals surface area contributed by atoms with Gasteiger partial charge < -0.3 is 14.5 Å². The number of hydrogen-bond donors (Lipinski definition) is 2. The Kier molecular flexibility index (Phi) is 6.30. The second-order valence-corrected chi connectivity index (χ2v) is 7.01. The summed E-state index contributed by atoms with van der Waals surface area (Å²) < 4.78 is 39.1. The Bertz CT molecular complexity index is 1450. The van der Waals surface area contributed by atoms with Gasteiger partial charge in [-0.15, -0.1) is 0 Å². The van der Waals surface area contributed by atoms with Crippen molar-refractivity contribution in [1.82, 2.24) is 9.97 Å². The molecule has 4 aromatic rings. The molecule has 1 amide bonds. The predicted octanol–water partition coefficient (Wildman–Crippen LogP) is 4.66. The summed E-state index contributed by atoms with van der Waals surface area (Å²) in [4.78, 5) is 43.7. The van der Waals surface area contributed by atoms with Gasteiger partial charge in [0.05, 0.1) is 34.5 Å². The van der Waals surface area contributed by atoms with Gasteiger partial charge in [0.25, 0.3) is 0 Å². The van der Waals surface area contributed by atoms with Crippen molar-refractivity contribution < 1.29 is 27.8 Å². The van der Waals surface area contributed by atoms with Gasteiger partial charge in [-0.1, -0.05) is 6.07 Å². The van der Waals surface area contributed by atoms with Crippen LogP contribution in [0.4, 0.5) is 19.3 Å². The average molecular weight is 465 g/mol. The van der Waals surface area contributed by atoms with Crippen LogP contribution >= 0.6 is 0 Å². The van der Waals surface area contributed by atoms with Crippen molar-refractivity contribution >= 4 is 28.7 Å². The number of nitrogens with zero attached hydrogens (tertiary/aromatic N) is 1. The zero-order valence-corrected chi connectivity index (χ0v) is 17.7. The minimum Gasteiger partial charge on any atom is -0.450 e. The maximum atomic E-state index is 15.0. The number of hydrogen-bond acceptors (Lipinski definition) is 6. The molecule has 0 saturated heterocycles. The number of benzene rings is 2. The lowest BCUT2D eigenvalue weighted by Crippen LogP contribution is -2.16. The fraction of sp³-hybridized carbons (Fsp3) is 0.0833. The molecule has 2 aromatic heterocycles. The molecule has 0 radical (unpaired) electrons. The molecule has 4 rings (SSSR count). The first-order valence-corrected chi connectivity index (χ1v) is 10.1. The van der Waals surface area contributed by atoms with Crippen molar-refractivity contribution in [3.05, 3.63) is 88.3 Å². The summed E-state index contributed by atoms with van der Waals surface area (Å²) in [7, 11) is 0. The number of anilines is 1. The second-order valence-electron chi connectivity index (χ2n) is 7.01. The largest absolute Gasteiger partial charge is 0.450 e. The van der Waals surface area contributed by atoms with E-state index in [4.69, 9.17) is 9.47 Å². The summed E-state index contributed by atoms with van der Waals surface area (Å²) in [5, 5.41) is 2.28. The minimum atomic E-state index is -0.943. The van der Waals surface area contributed by atoms with Crippen molar-refractivity contribution in [2.45, 2.75) is 6.92 Å². The monoisotopic (exact) mass is 465 g/mol. The van der Waals surface area contributed by atoms with Gasteiger partial charge in [0.15, 0.2) is 17.0 Å². The Balaban J connectivity index is 1.81. The number of carbonyl (C=O) groups is 2. The summed E-state index contributed by atoms with van der Waals surface area (Å²) in [5.41, 5.74) is -0.241. The molecule has 8 nitrogen and oxygen atoms in total. The molecule has 0 atom stereocenters. The van der Waals surface area contributed by atoms with E-state index in [0.29, 0.717) is 0 Å². The highest BCUT2D eigenvalue weighted by molar-refractivity contribution is 5.94. The van der Waals surface area contributed by atoms with Crippen molar-refractivity contribution in [2.75, 3.05) is 11.9 Å². The summed E-state index contributed by atoms with van der Waals surface area (Å²) in [6, 6.07) is 10.2. The molecular formula is C24H17F2N3O5. The zero-order chi connectivity index (χ0) is 24.2. The molecule has 0 bridgehead atoms. The lowest BCUT2D eigenvalue weighted by Gasteiger charge is -2.15. The van der Waals surface area contributed by atoms with Gasteiger partial charge in [-0.3, -0.25) is 15.1 Å². The number of pyridine rings is 2. The van der Waals surface area contributed by atoms with Crippen LogP contribution in [0.5, 0.6) is 5.75 Å². The number of halogens is 2. The summed E-state index contributed by atoms with van der Waals surface area (Å²) in [6.45, 7) is 1.67. The van der Waals surface area contributed by atoms with Crippen LogP contribution in [0.15, 0.2) is 65.7 Å². The highest BCUT2D eigenvalue weighted by atomic mass is 19.1. The first kappa shape index (κ1) is 22.6. The normalized spacial score (nSPS) is 10.7. The number of H-pyrrole nitrogens is 1. The quantitative estimate of drug-likeness (QED) is 0.328. The smallest absolute Gasteiger partial charge is 0.411 e. The minimum absolute atomic E-state index is 0.0137.